The van der Waals surface area contributed by atoms with Gasteiger partial charge in [-0.25, -0.2) is 9.97 Å². The van der Waals surface area contributed by atoms with Gasteiger partial charge in [0.2, 0.25) is 5.91 Å². The number of hydrogen-bond acceptors (Lipinski definition) is 8. The molecule has 1 saturated heterocycles. The van der Waals surface area contributed by atoms with Gasteiger partial charge in [-0.05, 0) is 56.0 Å². The number of imidazole rings is 2. The molecule has 0 bridgehead atoms. The van der Waals surface area contributed by atoms with Gasteiger partial charge >= 0.3 is 0 Å². The maximum atomic E-state index is 13.1. The van der Waals surface area contributed by atoms with Crippen LogP contribution in [0.15, 0.2) is 73.1 Å². The molecule has 3 unspecified atom stereocenters. The van der Waals surface area contributed by atoms with Crippen LogP contribution in [0.4, 0.5) is 0 Å². The van der Waals surface area contributed by atoms with Crippen molar-refractivity contribution in [1.29, 1.82) is 0 Å². The number of nitrogens with two attached hydrogens (primary N) is 1. The summed E-state index contributed by atoms with van der Waals surface area (Å²) in [6.45, 7) is 8.38. The predicted octanol–water partition coefficient (Wildman–Crippen LogP) is 7.06. The second kappa shape index (κ2) is 14.6. The Hall–Kier alpha value is -5.39. The molecule has 0 aliphatic carbocycles. The number of carbonyl (C=O) groups is 1. The van der Waals surface area contributed by atoms with E-state index in [0.29, 0.717) is 25.5 Å². The molecule has 5 aromatic rings. The first-order valence-corrected chi connectivity index (χ1v) is 18.6. The summed E-state index contributed by atoms with van der Waals surface area (Å²) >= 11 is 0. The van der Waals surface area contributed by atoms with Crippen molar-refractivity contribution in [3.05, 3.63) is 101 Å². The topological polar surface area (TPSA) is 143 Å². The molecule has 11 heteroatoms. The van der Waals surface area contributed by atoms with E-state index in [1.165, 1.54) is 0 Å². The van der Waals surface area contributed by atoms with E-state index in [1.54, 1.807) is 12.0 Å². The summed E-state index contributed by atoms with van der Waals surface area (Å²) in [6.07, 6.45) is 6.39. The van der Waals surface area contributed by atoms with Crippen molar-refractivity contribution in [1.82, 2.24) is 30.2 Å². The fourth-order valence-corrected chi connectivity index (χ4v) is 7.59. The number of fused-ring (bicyclic) bond motifs is 4. The van der Waals surface area contributed by atoms with E-state index < -0.39 is 12.1 Å². The largest absolute Gasteiger partial charge is 0.497 e. The van der Waals surface area contributed by atoms with E-state index in [0.717, 1.165) is 99.2 Å². The van der Waals surface area contributed by atoms with Crippen LogP contribution in [-0.2, 0) is 11.3 Å². The molecule has 1 fully saturated rings. The number of aromatic amines is 2. The first-order chi connectivity index (χ1) is 25.8. The number of nitrogens with one attached hydrogen (secondary N) is 3. The highest BCUT2D eigenvalue weighted by Crippen LogP contribution is 2.52. The molecule has 5 heterocycles. The smallest absolute Gasteiger partial charge is 0.240 e. The number of aromatic nitrogens is 4. The minimum Gasteiger partial charge on any atom is -0.497 e. The van der Waals surface area contributed by atoms with Crippen LogP contribution in [0.5, 0.6) is 17.2 Å². The third-order valence-electron chi connectivity index (χ3n) is 10.6. The number of ether oxygens (including phenoxy) is 3. The van der Waals surface area contributed by atoms with Crippen molar-refractivity contribution < 1.29 is 19.0 Å². The highest BCUT2D eigenvalue weighted by Gasteiger charge is 2.36. The van der Waals surface area contributed by atoms with Crippen molar-refractivity contribution >= 4 is 17.1 Å². The van der Waals surface area contributed by atoms with Crippen LogP contribution in [0.3, 0.4) is 0 Å². The first-order valence-electron chi connectivity index (χ1n) is 18.6. The van der Waals surface area contributed by atoms with Crippen molar-refractivity contribution in [3.63, 3.8) is 0 Å². The van der Waals surface area contributed by atoms with Gasteiger partial charge in [0.1, 0.15) is 35.5 Å². The number of amides is 1. The average molecular weight is 714 g/mol. The third-order valence-corrected chi connectivity index (χ3v) is 10.6. The maximum absolute atomic E-state index is 13.1. The molecule has 0 radical (unpaired) electrons. The molecule has 3 aliphatic heterocycles. The van der Waals surface area contributed by atoms with Crippen LogP contribution < -0.4 is 25.3 Å². The standard InChI is InChI=1S/C42H47N7O4/c1-5-16-49(42(50)39(43)24(2)3)22-37-45-20-33(47-37)26-11-13-29-31-23-52-35-18-25(34-21-46-41(48-34)32-10-7-15-44-32)12-14-30(35)38(31)40(53-36(29)19-26)27-8-6-9-28(17-27)51-4/h6,8-9,11-14,17-21,24,32,39-40,44H,5,7,10,15-16,22-23,43H2,1-4H3,(H,45,47)(H,46,48). The van der Waals surface area contributed by atoms with Crippen LogP contribution in [0.1, 0.15) is 80.5 Å². The zero-order valence-electron chi connectivity index (χ0n) is 30.7. The molecule has 3 aliphatic rings. The van der Waals surface area contributed by atoms with E-state index in [9.17, 15) is 4.79 Å². The van der Waals surface area contributed by atoms with Crippen LogP contribution >= 0.6 is 0 Å². The zero-order chi connectivity index (χ0) is 36.6. The van der Waals surface area contributed by atoms with Crippen LogP contribution in [0.2, 0.25) is 0 Å². The van der Waals surface area contributed by atoms with E-state index in [4.69, 9.17) is 19.9 Å². The van der Waals surface area contributed by atoms with Gasteiger partial charge in [-0.3, -0.25) is 4.79 Å². The molecular formula is C42H47N7O4. The number of rotatable bonds is 11. The second-order valence-electron chi connectivity index (χ2n) is 14.5. The number of nitrogens with zero attached hydrogens (tertiary/aromatic N) is 3. The highest BCUT2D eigenvalue weighted by atomic mass is 16.5. The Balaban J connectivity index is 1.13. The maximum Gasteiger partial charge on any atom is 0.240 e. The molecule has 0 spiro atoms. The monoisotopic (exact) mass is 713 g/mol. The Bertz CT molecular complexity index is 2160. The van der Waals surface area contributed by atoms with Gasteiger partial charge in [-0.1, -0.05) is 57.2 Å². The lowest BCUT2D eigenvalue weighted by Crippen LogP contribution is -2.46. The van der Waals surface area contributed by atoms with Crippen LogP contribution in [-0.4, -0.2) is 63.6 Å². The van der Waals surface area contributed by atoms with Crippen LogP contribution in [0, 0.1) is 5.92 Å². The summed E-state index contributed by atoms with van der Waals surface area (Å²) in [7, 11) is 1.68. The second-order valence-corrected chi connectivity index (χ2v) is 14.5. The lowest BCUT2D eigenvalue weighted by atomic mass is 9.83. The summed E-state index contributed by atoms with van der Waals surface area (Å²) in [5.74, 6) is 3.99. The van der Waals surface area contributed by atoms with E-state index in [-0.39, 0.29) is 17.9 Å². The first kappa shape index (κ1) is 34.7. The lowest BCUT2D eigenvalue weighted by Gasteiger charge is -2.35. The molecule has 3 atom stereocenters. The number of H-pyrrole nitrogens is 2. The minimum atomic E-state index is -0.549. The quantitative estimate of drug-likeness (QED) is 0.114. The Morgan fingerprint density at radius 2 is 1.77 bits per heavy atom. The number of carbonyl (C=O) groups excluding carboxylic acids is 1. The van der Waals surface area contributed by atoms with Gasteiger partial charge in [0.25, 0.3) is 0 Å². The molecule has 3 aromatic carbocycles. The van der Waals surface area contributed by atoms with Gasteiger partial charge in [0, 0.05) is 45.5 Å². The van der Waals surface area contributed by atoms with Crippen molar-refractivity contribution in [3.8, 4) is 39.8 Å². The Morgan fingerprint density at radius 3 is 2.53 bits per heavy atom. The van der Waals surface area contributed by atoms with Crippen LogP contribution in [0.25, 0.3) is 33.7 Å². The molecule has 0 saturated carbocycles. The molecular weight excluding hydrogens is 667 g/mol. The lowest BCUT2D eigenvalue weighted by molar-refractivity contribution is -0.134. The zero-order valence-corrected chi connectivity index (χ0v) is 30.7. The predicted molar refractivity (Wildman–Crippen MR) is 205 cm³/mol. The number of hydrogen-bond donors (Lipinski definition) is 4. The molecule has 274 valence electrons. The fourth-order valence-electron chi connectivity index (χ4n) is 7.59. The Kier molecular flexibility index (Phi) is 9.53. The number of benzene rings is 3. The Morgan fingerprint density at radius 1 is 1.00 bits per heavy atom. The van der Waals surface area contributed by atoms with E-state index in [2.05, 4.69) is 74.6 Å². The van der Waals surface area contributed by atoms with Gasteiger partial charge in [0.15, 0.2) is 6.10 Å². The highest BCUT2D eigenvalue weighted by molar-refractivity contribution is 6.00. The molecule has 1 amide bonds. The average Bonchev–Trinajstić information content (AvgIpc) is 3.99. The van der Waals surface area contributed by atoms with E-state index >= 15 is 0 Å². The summed E-state index contributed by atoms with van der Waals surface area (Å²) in [4.78, 5) is 31.3. The SMILES string of the molecule is CCCN(Cc1ncc(-c2ccc3c(c2)OC(c2cccc(OC)c2)C2=C3COc3cc(-c4cnc(C5CCCN5)[nH]4)ccc32)[nH]1)C(=O)C(N)C(C)C. The summed E-state index contributed by atoms with van der Waals surface area (Å²) in [5.41, 5.74) is 15.1. The number of methoxy groups -OCH3 is 1. The molecule has 5 N–H and O–H groups in total. The Labute approximate surface area is 310 Å². The van der Waals surface area contributed by atoms with Crippen molar-refractivity contribution in [2.75, 3.05) is 26.8 Å². The minimum absolute atomic E-state index is 0.0518. The van der Waals surface area contributed by atoms with Crippen molar-refractivity contribution in [2.24, 2.45) is 11.7 Å². The third kappa shape index (κ3) is 6.71. The summed E-state index contributed by atoms with van der Waals surface area (Å²) < 4.78 is 19.1. The van der Waals surface area contributed by atoms with Crippen molar-refractivity contribution in [2.45, 2.75) is 64.8 Å². The summed E-state index contributed by atoms with van der Waals surface area (Å²) in [5, 5.41) is 3.52. The van der Waals surface area contributed by atoms with E-state index in [1.807, 2.05) is 44.4 Å². The molecule has 11 nitrogen and oxygen atoms in total. The fraction of sp³-hybridized carbons (Fsp3) is 0.357. The normalized spacial score (nSPS) is 18.2. The molecule has 8 rings (SSSR count). The molecule has 2 aromatic heterocycles. The van der Waals surface area contributed by atoms with Gasteiger partial charge in [0.05, 0.1) is 49.5 Å². The van der Waals surface area contributed by atoms with Gasteiger partial charge in [-0.2, -0.15) is 0 Å². The van der Waals surface area contributed by atoms with Gasteiger partial charge < -0.3 is 40.1 Å². The summed E-state index contributed by atoms with van der Waals surface area (Å²) in [6, 6.07) is 20.4. The molecule has 53 heavy (non-hydrogen) atoms. The van der Waals surface area contributed by atoms with Gasteiger partial charge in [-0.15, -0.1) is 0 Å².